The van der Waals surface area contributed by atoms with Crippen LogP contribution in [0.1, 0.15) is 104 Å². The molecule has 0 aliphatic heterocycles. The third-order valence-electron chi connectivity index (χ3n) is 6.37. The van der Waals surface area contributed by atoms with Crippen molar-refractivity contribution in [2.75, 3.05) is 53.7 Å². The van der Waals surface area contributed by atoms with Crippen molar-refractivity contribution in [3.8, 4) is 0 Å². The first-order valence-corrected chi connectivity index (χ1v) is 15.8. The minimum atomic E-state index is -3.74. The van der Waals surface area contributed by atoms with E-state index >= 15 is 0 Å². The van der Waals surface area contributed by atoms with Gasteiger partial charge in [-0.05, 0) is 12.3 Å². The number of carbonyl (C=O) groups excluding carboxylic acids is 1. The van der Waals surface area contributed by atoms with Gasteiger partial charge in [0.2, 0.25) is 0 Å². The van der Waals surface area contributed by atoms with Crippen molar-refractivity contribution in [3.63, 3.8) is 0 Å². The molecule has 0 fully saturated rings. The lowest BCUT2D eigenvalue weighted by Crippen LogP contribution is -2.37. The minimum Gasteiger partial charge on any atom is -0.458 e. The van der Waals surface area contributed by atoms with E-state index in [9.17, 15) is 14.3 Å². The molecule has 35 heavy (non-hydrogen) atoms. The zero-order valence-electron chi connectivity index (χ0n) is 23.8. The monoisotopic (exact) mass is 522 g/mol. The number of ether oxygens (including phenoxy) is 2. The summed E-state index contributed by atoms with van der Waals surface area (Å²) in [5.74, 6) is 0.189. The number of unbranched alkanes of at least 4 members (excludes halogenated alkanes) is 9. The summed E-state index contributed by atoms with van der Waals surface area (Å²) in [4.78, 5) is 21.5. The van der Waals surface area contributed by atoms with Gasteiger partial charge in [0.05, 0.1) is 47.1 Å². The van der Waals surface area contributed by atoms with E-state index < -0.39 is 19.7 Å². The molecule has 0 saturated heterocycles. The van der Waals surface area contributed by atoms with Crippen molar-refractivity contribution in [3.05, 3.63) is 0 Å². The highest BCUT2D eigenvalue weighted by Crippen LogP contribution is 2.41. The average molecular weight is 523 g/mol. The highest BCUT2D eigenvalue weighted by atomic mass is 31.2. The van der Waals surface area contributed by atoms with Crippen molar-refractivity contribution in [1.29, 1.82) is 0 Å². The van der Waals surface area contributed by atoms with Gasteiger partial charge >= 0.3 is 13.6 Å². The Morgan fingerprint density at radius 2 is 1.46 bits per heavy atom. The van der Waals surface area contributed by atoms with Gasteiger partial charge in [-0.15, -0.1) is 0 Å². The maximum atomic E-state index is 12.3. The fourth-order valence-corrected chi connectivity index (χ4v) is 5.36. The summed E-state index contributed by atoms with van der Waals surface area (Å²) in [7, 11) is 2.12. The first-order chi connectivity index (χ1) is 16.5. The van der Waals surface area contributed by atoms with Crippen LogP contribution in [0, 0.1) is 5.92 Å². The van der Waals surface area contributed by atoms with Crippen LogP contribution < -0.4 is 0 Å². The quantitative estimate of drug-likeness (QED) is 0.0668. The smallest absolute Gasteiger partial charge is 0.333 e. The van der Waals surface area contributed by atoms with Crippen LogP contribution in [0.3, 0.4) is 0 Å². The highest BCUT2D eigenvalue weighted by Gasteiger charge is 2.26. The lowest BCUT2D eigenvalue weighted by molar-refractivity contribution is -0.867. The standard InChI is InChI=1S/C27H56NO6P/c1-7-9-10-11-12-13-14-15-16-17-18-26(8-2)19-21-32-23-27(34-25(3)29)24-33-35(30,31)22-20-28(4,5)6/h26-27H,7-24H2,1-6H3/p+1. The summed E-state index contributed by atoms with van der Waals surface area (Å²) in [6, 6.07) is 0. The molecule has 0 heterocycles. The Hall–Kier alpha value is -0.460. The molecule has 3 atom stereocenters. The lowest BCUT2D eigenvalue weighted by atomic mass is 9.95. The van der Waals surface area contributed by atoms with Crippen LogP contribution in [0.5, 0.6) is 0 Å². The van der Waals surface area contributed by atoms with Crippen LogP contribution in [-0.2, 0) is 23.4 Å². The van der Waals surface area contributed by atoms with Gasteiger partial charge in [-0.1, -0.05) is 90.9 Å². The molecule has 0 radical (unpaired) electrons. The number of hydrogen-bond donors (Lipinski definition) is 1. The molecule has 0 amide bonds. The average Bonchev–Trinajstić information content (AvgIpc) is 2.78. The Morgan fingerprint density at radius 1 is 0.886 bits per heavy atom. The summed E-state index contributed by atoms with van der Waals surface area (Å²) in [5.41, 5.74) is 0. The Morgan fingerprint density at radius 3 is 1.97 bits per heavy atom. The number of quaternary nitrogens is 1. The van der Waals surface area contributed by atoms with Crippen molar-refractivity contribution < 1.29 is 32.7 Å². The largest absolute Gasteiger partial charge is 0.458 e. The van der Waals surface area contributed by atoms with E-state index in [1.165, 1.54) is 77.6 Å². The van der Waals surface area contributed by atoms with Crippen LogP contribution in [0.4, 0.5) is 0 Å². The second-order valence-corrected chi connectivity index (χ2v) is 13.0. The molecule has 3 unspecified atom stereocenters. The predicted molar refractivity (Wildman–Crippen MR) is 145 cm³/mol. The van der Waals surface area contributed by atoms with E-state index in [1.807, 2.05) is 21.1 Å². The fraction of sp³-hybridized carbons (Fsp3) is 0.963. The van der Waals surface area contributed by atoms with Crippen molar-refractivity contribution in [1.82, 2.24) is 0 Å². The summed E-state index contributed by atoms with van der Waals surface area (Å²) in [6.07, 6.45) is 16.3. The van der Waals surface area contributed by atoms with Crippen molar-refractivity contribution in [2.24, 2.45) is 5.92 Å². The summed E-state index contributed by atoms with van der Waals surface area (Å²) >= 11 is 0. The number of esters is 1. The van der Waals surface area contributed by atoms with Gasteiger partial charge in [-0.3, -0.25) is 9.36 Å². The molecule has 7 nitrogen and oxygen atoms in total. The molecule has 0 aromatic rings. The molecule has 0 aromatic carbocycles. The Kier molecular flexibility index (Phi) is 20.3. The van der Waals surface area contributed by atoms with Crippen LogP contribution >= 0.6 is 7.60 Å². The second kappa shape index (κ2) is 20.6. The summed E-state index contributed by atoms with van der Waals surface area (Å²) in [6.45, 7) is 6.95. The van der Waals surface area contributed by atoms with Crippen LogP contribution in [0.2, 0.25) is 0 Å². The van der Waals surface area contributed by atoms with Crippen LogP contribution in [0.25, 0.3) is 0 Å². The van der Waals surface area contributed by atoms with Gasteiger partial charge < -0.3 is 23.4 Å². The van der Waals surface area contributed by atoms with Gasteiger partial charge in [-0.25, -0.2) is 0 Å². The van der Waals surface area contributed by atoms with Crippen molar-refractivity contribution in [2.45, 2.75) is 110 Å². The summed E-state index contributed by atoms with van der Waals surface area (Å²) < 4.78 is 29.1. The molecule has 8 heteroatoms. The number of nitrogens with zero attached hydrogens (tertiary/aromatic N) is 1. The Bertz CT molecular complexity index is 566. The molecule has 210 valence electrons. The molecule has 1 N–H and O–H groups in total. The van der Waals surface area contributed by atoms with E-state index in [-0.39, 0.29) is 19.4 Å². The van der Waals surface area contributed by atoms with E-state index in [0.29, 0.717) is 23.6 Å². The maximum absolute atomic E-state index is 12.3. The third-order valence-corrected chi connectivity index (χ3v) is 7.68. The van der Waals surface area contributed by atoms with Gasteiger partial charge in [0.1, 0.15) is 6.10 Å². The van der Waals surface area contributed by atoms with Gasteiger partial charge in [0, 0.05) is 13.5 Å². The van der Waals surface area contributed by atoms with E-state index in [0.717, 1.165) is 12.8 Å². The SMILES string of the molecule is CCCCCCCCCCCCC(CC)CCOCC(COP(=O)(O)CC[N+](C)(C)C)OC(C)=O. The van der Waals surface area contributed by atoms with Crippen LogP contribution in [-0.4, -0.2) is 75.1 Å². The first-order valence-electron chi connectivity index (χ1n) is 14.0. The molecule has 0 spiro atoms. The number of rotatable bonds is 24. The van der Waals surface area contributed by atoms with E-state index in [4.69, 9.17) is 14.0 Å². The Labute approximate surface area is 216 Å². The molecular weight excluding hydrogens is 465 g/mol. The molecule has 0 rings (SSSR count). The molecule has 0 aromatic heterocycles. The van der Waals surface area contributed by atoms with E-state index in [2.05, 4.69) is 13.8 Å². The topological polar surface area (TPSA) is 82.1 Å². The first kappa shape index (κ1) is 34.5. The Balaban J connectivity index is 4.08. The van der Waals surface area contributed by atoms with E-state index in [1.54, 1.807) is 0 Å². The molecule has 0 bridgehead atoms. The zero-order chi connectivity index (χ0) is 26.6. The number of carbonyl (C=O) groups is 1. The molecule has 0 aliphatic carbocycles. The number of hydrogen-bond acceptors (Lipinski definition) is 5. The molecule has 0 aliphatic rings. The van der Waals surface area contributed by atoms with Crippen LogP contribution in [0.15, 0.2) is 0 Å². The van der Waals surface area contributed by atoms with Gasteiger partial charge in [-0.2, -0.15) is 0 Å². The van der Waals surface area contributed by atoms with Gasteiger partial charge in [0.25, 0.3) is 0 Å². The third kappa shape index (κ3) is 23.7. The highest BCUT2D eigenvalue weighted by molar-refractivity contribution is 7.52. The van der Waals surface area contributed by atoms with Gasteiger partial charge in [0.15, 0.2) is 0 Å². The molecule has 0 saturated carbocycles. The lowest BCUT2D eigenvalue weighted by Gasteiger charge is -2.25. The second-order valence-electron chi connectivity index (χ2n) is 11.0. The zero-order valence-corrected chi connectivity index (χ0v) is 24.7. The molecular formula is C27H57NO6P+. The predicted octanol–water partition coefficient (Wildman–Crippen LogP) is 6.57. The minimum absolute atomic E-state index is 0.0568. The summed E-state index contributed by atoms with van der Waals surface area (Å²) in [5, 5.41) is 0. The van der Waals surface area contributed by atoms with Crippen molar-refractivity contribution >= 4 is 13.6 Å². The maximum Gasteiger partial charge on any atom is 0.333 e. The normalized spacial score (nSPS) is 15.5. The fourth-order valence-electron chi connectivity index (χ4n) is 3.98.